The van der Waals surface area contributed by atoms with Crippen LogP contribution >= 0.6 is 0 Å². The Hall–Kier alpha value is -3.18. The number of carboxylic acid groups (broad SMARTS) is 3. The van der Waals surface area contributed by atoms with Crippen molar-refractivity contribution in [1.82, 2.24) is 0 Å². The number of phenolic OH excluding ortho intramolecular Hbond substituents is 1. The molecule has 0 amide bonds. The van der Waals surface area contributed by atoms with Gasteiger partial charge in [0, 0.05) is 10.8 Å². The molecule has 0 bridgehead atoms. The van der Waals surface area contributed by atoms with Crippen molar-refractivity contribution in [2.45, 2.75) is 4.90 Å². The predicted octanol–water partition coefficient (Wildman–Crippen LogP) is 0.887. The molecule has 2 aromatic rings. The maximum Gasteiger partial charge on any atom is 0.338 e. The summed E-state index contributed by atoms with van der Waals surface area (Å²) in [5.74, 6) is -6.83. The van der Waals surface area contributed by atoms with Gasteiger partial charge >= 0.3 is 17.9 Å². The Balaban J connectivity index is 3.41. The second-order valence-corrected chi connectivity index (χ2v) is 5.90. The van der Waals surface area contributed by atoms with E-state index < -0.39 is 66.1 Å². The molecule has 24 heavy (non-hydrogen) atoms. The molecule has 0 atom stereocenters. The molecule has 0 saturated carbocycles. The van der Waals surface area contributed by atoms with Crippen LogP contribution in [-0.4, -0.2) is 51.3 Å². The second kappa shape index (κ2) is 5.47. The van der Waals surface area contributed by atoms with E-state index in [2.05, 4.69) is 0 Å². The fourth-order valence-electron chi connectivity index (χ4n) is 2.39. The third kappa shape index (κ3) is 2.51. The summed E-state index contributed by atoms with van der Waals surface area (Å²) in [6.45, 7) is 0. The van der Waals surface area contributed by atoms with Crippen LogP contribution in [0.1, 0.15) is 31.1 Å². The van der Waals surface area contributed by atoms with E-state index in [-0.39, 0.29) is 0 Å². The third-order valence-electron chi connectivity index (χ3n) is 3.16. The molecular formula is C13H8O10S. The number of hydrogen-bond acceptors (Lipinski definition) is 6. The summed E-state index contributed by atoms with van der Waals surface area (Å²) in [5, 5.41) is 36.1. The Labute approximate surface area is 132 Å². The topological polar surface area (TPSA) is 186 Å². The lowest BCUT2D eigenvalue weighted by Gasteiger charge is -2.15. The molecule has 0 saturated heterocycles. The zero-order chi connectivity index (χ0) is 18.4. The van der Waals surface area contributed by atoms with E-state index in [1.54, 1.807) is 0 Å². The molecule has 0 spiro atoms. The van der Waals surface area contributed by atoms with E-state index >= 15 is 0 Å². The molecular weight excluding hydrogens is 348 g/mol. The lowest BCUT2D eigenvalue weighted by atomic mass is 9.93. The molecule has 0 heterocycles. The van der Waals surface area contributed by atoms with Crippen LogP contribution in [0.4, 0.5) is 0 Å². The summed E-state index contributed by atoms with van der Waals surface area (Å²) in [6, 6.07) is 2.96. The highest BCUT2D eigenvalue weighted by molar-refractivity contribution is 7.86. The van der Waals surface area contributed by atoms with Gasteiger partial charge in [-0.3, -0.25) is 4.55 Å². The quantitative estimate of drug-likeness (QED) is 0.492. The highest BCUT2D eigenvalue weighted by Crippen LogP contribution is 2.38. The van der Waals surface area contributed by atoms with Gasteiger partial charge in [-0.1, -0.05) is 12.1 Å². The summed E-state index contributed by atoms with van der Waals surface area (Å²) in [4.78, 5) is 32.9. The average molecular weight is 356 g/mol. The van der Waals surface area contributed by atoms with Crippen molar-refractivity contribution in [2.24, 2.45) is 0 Å². The molecule has 0 fully saturated rings. The van der Waals surface area contributed by atoms with Gasteiger partial charge in [0.25, 0.3) is 10.1 Å². The molecule has 0 aliphatic carbocycles. The van der Waals surface area contributed by atoms with Gasteiger partial charge in [-0.05, 0) is 6.07 Å². The minimum atomic E-state index is -5.27. The van der Waals surface area contributed by atoms with E-state index in [0.717, 1.165) is 18.2 Å². The minimum absolute atomic E-state index is 0.641. The van der Waals surface area contributed by atoms with Crippen molar-refractivity contribution >= 4 is 38.8 Å². The van der Waals surface area contributed by atoms with Crippen LogP contribution in [0.2, 0.25) is 0 Å². The number of carbonyl (C=O) groups is 3. The molecule has 2 aromatic carbocycles. The fraction of sp³-hybridized carbons (Fsp3) is 0. The van der Waals surface area contributed by atoms with Crippen molar-refractivity contribution in [3.05, 3.63) is 34.9 Å². The largest absolute Gasteiger partial charge is 0.507 e. The highest BCUT2D eigenvalue weighted by atomic mass is 32.2. The van der Waals surface area contributed by atoms with Crippen molar-refractivity contribution in [2.75, 3.05) is 0 Å². The van der Waals surface area contributed by atoms with Crippen LogP contribution < -0.4 is 0 Å². The molecule has 0 unspecified atom stereocenters. The van der Waals surface area contributed by atoms with Crippen LogP contribution in [0, 0.1) is 0 Å². The van der Waals surface area contributed by atoms with Crippen LogP contribution in [0.5, 0.6) is 5.75 Å². The number of fused-ring (bicyclic) bond motifs is 1. The summed E-state index contributed by atoms with van der Waals surface area (Å²) >= 11 is 0. The lowest BCUT2D eigenvalue weighted by molar-refractivity contribution is 0.0632. The first-order chi connectivity index (χ1) is 11.0. The maximum absolute atomic E-state index is 11.6. The van der Waals surface area contributed by atoms with E-state index in [1.807, 2.05) is 0 Å². The van der Waals surface area contributed by atoms with E-state index in [1.165, 1.54) is 0 Å². The Morgan fingerprint density at radius 2 is 1.33 bits per heavy atom. The normalized spacial score (nSPS) is 11.4. The number of aromatic hydroxyl groups is 1. The van der Waals surface area contributed by atoms with E-state index in [0.29, 0.717) is 0 Å². The number of aromatic carboxylic acids is 3. The van der Waals surface area contributed by atoms with Crippen LogP contribution in [0.15, 0.2) is 23.1 Å². The number of hydrogen-bond donors (Lipinski definition) is 5. The molecule has 0 aromatic heterocycles. The summed E-state index contributed by atoms with van der Waals surface area (Å²) in [7, 11) is -5.27. The molecule has 11 heteroatoms. The summed E-state index contributed by atoms with van der Waals surface area (Å²) < 4.78 is 32.5. The monoisotopic (exact) mass is 356 g/mol. The first-order valence-corrected chi connectivity index (χ1v) is 7.41. The van der Waals surface area contributed by atoms with Gasteiger partial charge in [-0.15, -0.1) is 0 Å². The number of rotatable bonds is 4. The number of carboxylic acids is 3. The van der Waals surface area contributed by atoms with E-state index in [9.17, 15) is 47.8 Å². The minimum Gasteiger partial charge on any atom is -0.507 e. The van der Waals surface area contributed by atoms with Gasteiger partial charge in [0.15, 0.2) is 0 Å². The fourth-order valence-corrected chi connectivity index (χ4v) is 3.29. The molecule has 0 radical (unpaired) electrons. The highest BCUT2D eigenvalue weighted by Gasteiger charge is 2.36. The molecule has 0 aliphatic heterocycles. The Bertz CT molecular complexity index is 1020. The van der Waals surface area contributed by atoms with Gasteiger partial charge in [0.2, 0.25) is 0 Å². The molecule has 0 aliphatic rings. The van der Waals surface area contributed by atoms with E-state index in [4.69, 9.17) is 0 Å². The Morgan fingerprint density at radius 1 is 0.833 bits per heavy atom. The van der Waals surface area contributed by atoms with Crippen molar-refractivity contribution in [3.63, 3.8) is 0 Å². The first-order valence-electron chi connectivity index (χ1n) is 5.97. The molecule has 10 nitrogen and oxygen atoms in total. The number of phenols is 1. The maximum atomic E-state index is 11.6. The van der Waals surface area contributed by atoms with Gasteiger partial charge < -0.3 is 20.4 Å². The van der Waals surface area contributed by atoms with Gasteiger partial charge in [0.1, 0.15) is 10.6 Å². The van der Waals surface area contributed by atoms with Crippen molar-refractivity contribution in [3.8, 4) is 5.75 Å². The van der Waals surface area contributed by atoms with Gasteiger partial charge in [-0.2, -0.15) is 8.42 Å². The summed E-state index contributed by atoms with van der Waals surface area (Å²) in [5.41, 5.74) is -3.91. The predicted molar refractivity (Wildman–Crippen MR) is 76.3 cm³/mol. The standard InChI is InChI=1S/C13H8O10S/c14-5-3-1-2-4-6(5)7(11(15)16)8(12(17)18)9(13(19)20)10(4)24(21,22)23/h1-3,14H,(H,15,16)(H,17,18)(H,19,20)(H,21,22,23). The molecule has 2 rings (SSSR count). The molecule has 126 valence electrons. The third-order valence-corrected chi connectivity index (χ3v) is 4.10. The summed E-state index contributed by atoms with van der Waals surface area (Å²) in [6.07, 6.45) is 0. The smallest absolute Gasteiger partial charge is 0.338 e. The Kier molecular flexibility index (Phi) is 3.92. The van der Waals surface area contributed by atoms with Crippen molar-refractivity contribution in [1.29, 1.82) is 0 Å². The first kappa shape index (κ1) is 17.2. The van der Waals surface area contributed by atoms with Crippen LogP contribution in [0.25, 0.3) is 10.8 Å². The average Bonchev–Trinajstić information content (AvgIpc) is 2.43. The zero-order valence-corrected chi connectivity index (χ0v) is 12.2. The number of benzene rings is 2. The van der Waals surface area contributed by atoms with Gasteiger partial charge in [-0.25, -0.2) is 14.4 Å². The van der Waals surface area contributed by atoms with Crippen molar-refractivity contribution < 1.29 is 47.8 Å². The SMILES string of the molecule is O=C(O)c1c(C(=O)O)c(C(=O)O)c2c(O)cccc2c1S(=O)(=O)O. The van der Waals surface area contributed by atoms with Gasteiger partial charge in [0.05, 0.1) is 16.7 Å². The van der Waals surface area contributed by atoms with Crippen LogP contribution in [-0.2, 0) is 10.1 Å². The zero-order valence-electron chi connectivity index (χ0n) is 11.4. The molecule has 5 N–H and O–H groups in total. The van der Waals surface area contributed by atoms with Crippen LogP contribution in [0.3, 0.4) is 0 Å². The lowest BCUT2D eigenvalue weighted by Crippen LogP contribution is -2.20. The second-order valence-electron chi connectivity index (χ2n) is 4.54. The Morgan fingerprint density at radius 3 is 1.75 bits per heavy atom.